The van der Waals surface area contributed by atoms with Gasteiger partial charge in [-0.2, -0.15) is 0 Å². The van der Waals surface area contributed by atoms with E-state index in [1.54, 1.807) is 29.2 Å². The molecule has 5 rings (SSSR count). The molecule has 8 nitrogen and oxygen atoms in total. The molecule has 1 amide bonds. The van der Waals surface area contributed by atoms with Gasteiger partial charge in [-0.25, -0.2) is 13.9 Å². The van der Waals surface area contributed by atoms with Crippen LogP contribution in [0.25, 0.3) is 0 Å². The third-order valence-electron chi connectivity index (χ3n) is 6.11. The first-order chi connectivity index (χ1) is 13.6. The summed E-state index contributed by atoms with van der Waals surface area (Å²) in [5, 5.41) is 7.63. The normalized spacial score (nSPS) is 29.4. The number of anilines is 2. The highest BCUT2D eigenvalue weighted by Crippen LogP contribution is 2.40. The number of ether oxygens (including phenoxy) is 1. The first-order valence-electron chi connectivity index (χ1n) is 9.69. The van der Waals surface area contributed by atoms with Gasteiger partial charge < -0.3 is 15.4 Å². The van der Waals surface area contributed by atoms with Crippen molar-refractivity contribution in [3.63, 3.8) is 0 Å². The number of nitrogens with two attached hydrogens (primary N) is 1. The van der Waals surface area contributed by atoms with E-state index >= 15 is 0 Å². The molecule has 4 atom stereocenters. The molecule has 3 heterocycles. The van der Waals surface area contributed by atoms with Crippen LogP contribution in [0.2, 0.25) is 0 Å². The maximum atomic E-state index is 14.9. The lowest BCUT2D eigenvalue weighted by Gasteiger charge is -2.22. The van der Waals surface area contributed by atoms with Crippen molar-refractivity contribution in [3.05, 3.63) is 36.4 Å². The smallest absolute Gasteiger partial charge is 0.414 e. The highest BCUT2D eigenvalue weighted by atomic mass is 19.1. The van der Waals surface area contributed by atoms with E-state index in [2.05, 4.69) is 15.2 Å². The summed E-state index contributed by atoms with van der Waals surface area (Å²) in [6, 6.07) is 5.27. The first kappa shape index (κ1) is 17.4. The van der Waals surface area contributed by atoms with Crippen molar-refractivity contribution in [2.45, 2.75) is 31.5 Å². The molecule has 1 aliphatic carbocycles. The number of cyclic esters (lactones) is 1. The van der Waals surface area contributed by atoms with Crippen LogP contribution in [-0.4, -0.2) is 52.9 Å². The summed E-state index contributed by atoms with van der Waals surface area (Å²) >= 11 is 0. The molecular formula is C19H23FN6O2. The summed E-state index contributed by atoms with van der Waals surface area (Å²) in [5.41, 5.74) is 7.15. The van der Waals surface area contributed by atoms with Crippen molar-refractivity contribution >= 4 is 17.5 Å². The minimum atomic E-state index is -0.470. The van der Waals surface area contributed by atoms with E-state index in [1.807, 2.05) is 0 Å². The predicted octanol–water partition coefficient (Wildman–Crippen LogP) is 1.62. The van der Waals surface area contributed by atoms with Gasteiger partial charge in [0.25, 0.3) is 0 Å². The molecule has 0 bridgehead atoms. The number of fused-ring (bicyclic) bond motifs is 1. The Morgan fingerprint density at radius 3 is 2.68 bits per heavy atom. The Bertz CT molecular complexity index is 861. The van der Waals surface area contributed by atoms with Crippen LogP contribution in [0, 0.1) is 17.7 Å². The fourth-order valence-electron chi connectivity index (χ4n) is 4.83. The molecule has 28 heavy (non-hydrogen) atoms. The number of benzene rings is 1. The van der Waals surface area contributed by atoms with E-state index in [4.69, 9.17) is 10.5 Å². The summed E-state index contributed by atoms with van der Waals surface area (Å²) in [5.74, 6) is 0.801. The average Bonchev–Trinajstić information content (AvgIpc) is 3.40. The summed E-state index contributed by atoms with van der Waals surface area (Å²) in [6.45, 7) is 2.46. The molecule has 3 aliphatic rings. The fourth-order valence-corrected chi connectivity index (χ4v) is 4.83. The topological polar surface area (TPSA) is 89.5 Å². The van der Waals surface area contributed by atoms with E-state index in [-0.39, 0.29) is 18.0 Å². The second kappa shape index (κ2) is 6.73. The van der Waals surface area contributed by atoms with Crippen LogP contribution in [-0.2, 0) is 11.3 Å². The molecule has 148 valence electrons. The highest BCUT2D eigenvalue weighted by molar-refractivity contribution is 5.90. The molecule has 1 saturated carbocycles. The Morgan fingerprint density at radius 1 is 1.21 bits per heavy atom. The number of amides is 1. The molecule has 1 aromatic carbocycles. The van der Waals surface area contributed by atoms with E-state index in [9.17, 15) is 9.18 Å². The second-order valence-electron chi connectivity index (χ2n) is 8.03. The lowest BCUT2D eigenvalue weighted by molar-refractivity contribution is 0.129. The Morgan fingerprint density at radius 2 is 2.00 bits per heavy atom. The summed E-state index contributed by atoms with van der Waals surface area (Å²) in [6.07, 6.45) is 4.51. The number of rotatable bonds is 4. The van der Waals surface area contributed by atoms with Crippen molar-refractivity contribution in [1.29, 1.82) is 0 Å². The van der Waals surface area contributed by atoms with E-state index in [0.717, 1.165) is 25.9 Å². The number of aromatic nitrogens is 3. The second-order valence-corrected chi connectivity index (χ2v) is 8.03. The molecule has 2 saturated heterocycles. The molecule has 0 radical (unpaired) electrons. The zero-order chi connectivity index (χ0) is 19.3. The predicted molar refractivity (Wildman–Crippen MR) is 100 cm³/mol. The lowest BCUT2D eigenvalue weighted by atomic mass is 10.0. The third-order valence-corrected chi connectivity index (χ3v) is 6.11. The van der Waals surface area contributed by atoms with Crippen molar-refractivity contribution in [2.75, 3.05) is 29.4 Å². The van der Waals surface area contributed by atoms with Gasteiger partial charge in [-0.1, -0.05) is 5.21 Å². The van der Waals surface area contributed by atoms with Gasteiger partial charge in [0, 0.05) is 25.3 Å². The van der Waals surface area contributed by atoms with Gasteiger partial charge in [0.1, 0.15) is 11.9 Å². The summed E-state index contributed by atoms with van der Waals surface area (Å²) in [4.78, 5) is 15.8. The Kier molecular flexibility index (Phi) is 4.19. The minimum Gasteiger partial charge on any atom is -0.442 e. The van der Waals surface area contributed by atoms with Gasteiger partial charge in [-0.3, -0.25) is 4.90 Å². The molecule has 2 aliphatic heterocycles. The third kappa shape index (κ3) is 3.09. The van der Waals surface area contributed by atoms with E-state index < -0.39 is 6.09 Å². The molecule has 9 heteroatoms. The van der Waals surface area contributed by atoms with Crippen molar-refractivity contribution in [2.24, 2.45) is 17.6 Å². The van der Waals surface area contributed by atoms with Crippen LogP contribution in [0.15, 0.2) is 30.6 Å². The van der Waals surface area contributed by atoms with Crippen LogP contribution < -0.4 is 15.5 Å². The maximum Gasteiger partial charge on any atom is 0.414 e. The minimum absolute atomic E-state index is 0.288. The summed E-state index contributed by atoms with van der Waals surface area (Å²) < 4.78 is 21.9. The van der Waals surface area contributed by atoms with Crippen molar-refractivity contribution < 1.29 is 13.9 Å². The van der Waals surface area contributed by atoms with Gasteiger partial charge >= 0.3 is 6.09 Å². The largest absolute Gasteiger partial charge is 0.442 e. The highest BCUT2D eigenvalue weighted by Gasteiger charge is 2.40. The molecule has 1 aromatic heterocycles. The van der Waals surface area contributed by atoms with Gasteiger partial charge in [0.2, 0.25) is 0 Å². The van der Waals surface area contributed by atoms with Crippen LogP contribution in [0.5, 0.6) is 0 Å². The molecule has 3 fully saturated rings. The first-order valence-corrected chi connectivity index (χ1v) is 9.69. The molecular weight excluding hydrogens is 363 g/mol. The van der Waals surface area contributed by atoms with Crippen LogP contribution in [0.1, 0.15) is 12.8 Å². The quantitative estimate of drug-likeness (QED) is 0.859. The zero-order valence-electron chi connectivity index (χ0n) is 15.4. The maximum absolute atomic E-state index is 14.9. The SMILES string of the molecule is NC1C[C@@H]2CN(c3ccc(N4C[C@H](Cn5ccnn5)OC4=O)cc3F)C[C@@H]2C1. The number of hydrogen-bond donors (Lipinski definition) is 1. The Balaban J connectivity index is 1.28. The Labute approximate surface area is 162 Å². The monoisotopic (exact) mass is 386 g/mol. The number of carbonyl (C=O) groups is 1. The fraction of sp³-hybridized carbons (Fsp3) is 0.526. The van der Waals surface area contributed by atoms with Gasteiger partial charge in [-0.15, -0.1) is 5.10 Å². The molecule has 0 spiro atoms. The van der Waals surface area contributed by atoms with Crippen molar-refractivity contribution in [3.8, 4) is 0 Å². The van der Waals surface area contributed by atoms with Crippen LogP contribution in [0.3, 0.4) is 0 Å². The molecule has 1 unspecified atom stereocenters. The number of carbonyl (C=O) groups excluding carboxylic acids is 1. The number of halogens is 1. The average molecular weight is 386 g/mol. The van der Waals surface area contributed by atoms with Crippen LogP contribution in [0.4, 0.5) is 20.6 Å². The van der Waals surface area contributed by atoms with Gasteiger partial charge in [0.15, 0.2) is 0 Å². The summed E-state index contributed by atoms with van der Waals surface area (Å²) in [7, 11) is 0. The standard InChI is InChI=1S/C19H23FN6O2/c20-17-7-15(26-11-16(28-19(26)27)10-25-4-3-22-23-25)1-2-18(17)24-8-12-5-14(21)6-13(12)9-24/h1-4,7,12-14,16H,5-6,8-11,21H2/t12-,13+,14?,16-/m0/s1. The molecule has 2 aromatic rings. The molecule has 2 N–H and O–H groups in total. The van der Waals surface area contributed by atoms with Crippen molar-refractivity contribution in [1.82, 2.24) is 15.0 Å². The zero-order valence-corrected chi connectivity index (χ0v) is 15.4. The lowest BCUT2D eigenvalue weighted by Crippen LogP contribution is -2.27. The van der Waals surface area contributed by atoms with E-state index in [0.29, 0.717) is 36.3 Å². The van der Waals surface area contributed by atoms with E-state index in [1.165, 1.54) is 11.0 Å². The Hall–Kier alpha value is -2.68. The van der Waals surface area contributed by atoms with Crippen LogP contribution >= 0.6 is 0 Å². The van der Waals surface area contributed by atoms with Gasteiger partial charge in [0.05, 0.1) is 30.7 Å². The number of hydrogen-bond acceptors (Lipinski definition) is 6. The number of nitrogens with zero attached hydrogens (tertiary/aromatic N) is 5. The van der Waals surface area contributed by atoms with Gasteiger partial charge in [-0.05, 0) is 42.9 Å².